The largest absolute Gasteiger partial charge is 0.497 e. The third-order valence-electron chi connectivity index (χ3n) is 4.37. The van der Waals surface area contributed by atoms with Crippen LogP contribution in [-0.4, -0.2) is 47.2 Å². The average molecular weight is 357 g/mol. The van der Waals surface area contributed by atoms with Crippen molar-refractivity contribution >= 4 is 17.6 Å². The van der Waals surface area contributed by atoms with Crippen LogP contribution in [0.25, 0.3) is 11.8 Å². The van der Waals surface area contributed by atoms with Gasteiger partial charge in [0.15, 0.2) is 12.1 Å². The maximum Gasteiger partial charge on any atom is 0.191 e. The van der Waals surface area contributed by atoms with E-state index in [0.717, 1.165) is 17.7 Å². The normalized spacial score (nSPS) is 23.7. The molecule has 7 heteroatoms. The summed E-state index contributed by atoms with van der Waals surface area (Å²) in [6.07, 6.45) is 5.19. The van der Waals surface area contributed by atoms with Crippen LogP contribution in [0.4, 0.5) is 0 Å². The van der Waals surface area contributed by atoms with Crippen molar-refractivity contribution in [3.05, 3.63) is 42.5 Å². The van der Waals surface area contributed by atoms with Gasteiger partial charge in [-0.3, -0.25) is 4.79 Å². The second kappa shape index (κ2) is 7.80. The summed E-state index contributed by atoms with van der Waals surface area (Å²) in [6.45, 7) is 4.44. The summed E-state index contributed by atoms with van der Waals surface area (Å²) in [6, 6.07) is 7.45. The van der Waals surface area contributed by atoms with Crippen LogP contribution in [0.1, 0.15) is 25.8 Å². The molecule has 26 heavy (non-hydrogen) atoms. The maximum atomic E-state index is 13.3. The van der Waals surface area contributed by atoms with E-state index in [1.165, 1.54) is 17.3 Å². The third kappa shape index (κ3) is 3.84. The van der Waals surface area contributed by atoms with Crippen molar-refractivity contribution in [2.75, 3.05) is 20.3 Å². The first kappa shape index (κ1) is 18.3. The van der Waals surface area contributed by atoms with E-state index in [2.05, 4.69) is 10.1 Å². The predicted octanol–water partition coefficient (Wildman–Crippen LogP) is 2.64. The van der Waals surface area contributed by atoms with E-state index >= 15 is 0 Å². The van der Waals surface area contributed by atoms with Crippen LogP contribution in [-0.2, 0) is 14.3 Å². The minimum absolute atomic E-state index is 0.103. The van der Waals surface area contributed by atoms with E-state index in [0.29, 0.717) is 18.9 Å². The number of allylic oxidation sites excluding steroid dienone is 1. The van der Waals surface area contributed by atoms with Crippen LogP contribution in [0.15, 0.2) is 36.9 Å². The zero-order valence-electron chi connectivity index (χ0n) is 15.2. The molecule has 3 rings (SSSR count). The zero-order chi connectivity index (χ0) is 18.6. The number of Topliss-reactive ketones (excluding diaryl/α,β-unsaturated/α-hetero) is 1. The van der Waals surface area contributed by atoms with Crippen molar-refractivity contribution in [3.8, 4) is 5.75 Å². The molecule has 1 fully saturated rings. The number of carbonyl (C=O) groups is 1. The van der Waals surface area contributed by atoms with E-state index in [1.54, 1.807) is 13.2 Å². The number of nitrogens with zero attached hydrogens (tertiary/aromatic N) is 3. The Kier molecular flexibility index (Phi) is 5.49. The number of hydrogen-bond donors (Lipinski definition) is 0. The van der Waals surface area contributed by atoms with Crippen LogP contribution in [0, 0.1) is 5.41 Å². The molecule has 0 atom stereocenters. The number of carbonyl (C=O) groups excluding carboxylic acids is 1. The summed E-state index contributed by atoms with van der Waals surface area (Å²) >= 11 is 0. The number of benzene rings is 1. The number of ketones is 1. The van der Waals surface area contributed by atoms with Gasteiger partial charge >= 0.3 is 0 Å². The van der Waals surface area contributed by atoms with Crippen LogP contribution >= 0.6 is 0 Å². The lowest BCUT2D eigenvalue weighted by atomic mass is 9.84. The molecule has 0 bridgehead atoms. The molecule has 138 valence electrons. The second-order valence-corrected chi connectivity index (χ2v) is 6.49. The molecule has 0 radical (unpaired) electrons. The molecule has 0 aliphatic carbocycles. The molecule has 0 amide bonds. The zero-order valence-corrected chi connectivity index (χ0v) is 15.2. The molecule has 0 unspecified atom stereocenters. The van der Waals surface area contributed by atoms with E-state index in [1.807, 2.05) is 38.1 Å². The lowest BCUT2D eigenvalue weighted by Crippen LogP contribution is -2.45. The van der Waals surface area contributed by atoms with Gasteiger partial charge in [-0.15, -0.1) is 0 Å². The highest BCUT2D eigenvalue weighted by Crippen LogP contribution is 2.31. The molecule has 2 heterocycles. The topological polar surface area (TPSA) is 75.5 Å². The first-order valence-electron chi connectivity index (χ1n) is 8.54. The smallest absolute Gasteiger partial charge is 0.191 e. The van der Waals surface area contributed by atoms with Crippen LogP contribution in [0.5, 0.6) is 5.75 Å². The minimum atomic E-state index is -0.782. The molecule has 1 aromatic heterocycles. The number of methoxy groups -OCH3 is 1. The number of hydrogen-bond acceptors (Lipinski definition) is 6. The van der Waals surface area contributed by atoms with Crippen molar-refractivity contribution in [1.29, 1.82) is 0 Å². The van der Waals surface area contributed by atoms with Crippen molar-refractivity contribution in [3.63, 3.8) is 0 Å². The predicted molar refractivity (Wildman–Crippen MR) is 96.3 cm³/mol. The number of ether oxygens (including phenoxy) is 3. The molecule has 1 aliphatic heterocycles. The Morgan fingerprint density at radius 2 is 2.04 bits per heavy atom. The molecule has 1 aromatic carbocycles. The monoisotopic (exact) mass is 357 g/mol. The van der Waals surface area contributed by atoms with E-state index < -0.39 is 5.41 Å². The molecule has 2 aromatic rings. The van der Waals surface area contributed by atoms with Crippen LogP contribution in [0.3, 0.4) is 0 Å². The summed E-state index contributed by atoms with van der Waals surface area (Å²) in [4.78, 5) is 17.3. The van der Waals surface area contributed by atoms with Gasteiger partial charge in [0.2, 0.25) is 0 Å². The Bertz CT molecular complexity index is 761. The van der Waals surface area contributed by atoms with Gasteiger partial charge in [-0.2, -0.15) is 5.10 Å². The van der Waals surface area contributed by atoms with Gasteiger partial charge < -0.3 is 14.2 Å². The first-order chi connectivity index (χ1) is 12.6. The minimum Gasteiger partial charge on any atom is -0.497 e. The Morgan fingerprint density at radius 3 is 2.58 bits per heavy atom. The summed E-state index contributed by atoms with van der Waals surface area (Å²) in [5.41, 5.74) is 0.491. The number of rotatable bonds is 6. The lowest BCUT2D eigenvalue weighted by Gasteiger charge is -2.36. The van der Waals surface area contributed by atoms with E-state index in [4.69, 9.17) is 14.2 Å². The molecule has 1 aliphatic rings. The number of aromatic nitrogens is 3. The lowest BCUT2D eigenvalue weighted by molar-refractivity contribution is -0.221. The van der Waals surface area contributed by atoms with Crippen molar-refractivity contribution < 1.29 is 19.0 Å². The standard InChI is InChI=1S/C19H23N3O4/c1-4-17-25-10-19(2,11-26-17)18(23)16(22-13-20-12-21-22)9-14-5-7-15(24-3)8-6-14/h5-9,12-13,17H,4,10-11H2,1-3H3. The van der Waals surface area contributed by atoms with Gasteiger partial charge in [0.25, 0.3) is 0 Å². The Morgan fingerprint density at radius 1 is 1.35 bits per heavy atom. The quantitative estimate of drug-likeness (QED) is 0.740. The average Bonchev–Trinajstić information content (AvgIpc) is 3.21. The van der Waals surface area contributed by atoms with Gasteiger partial charge in [0, 0.05) is 0 Å². The highest BCUT2D eigenvalue weighted by molar-refractivity contribution is 6.22. The summed E-state index contributed by atoms with van der Waals surface area (Å²) in [5.74, 6) is 0.649. The Balaban J connectivity index is 1.91. The fourth-order valence-corrected chi connectivity index (χ4v) is 2.75. The fraction of sp³-hybridized carbons (Fsp3) is 0.421. The van der Waals surface area contributed by atoms with Crippen molar-refractivity contribution in [1.82, 2.24) is 14.8 Å². The summed E-state index contributed by atoms with van der Waals surface area (Å²) < 4.78 is 18.0. The molecular weight excluding hydrogens is 334 g/mol. The Hall–Kier alpha value is -2.51. The SMILES string of the molecule is CCC1OCC(C)(C(=O)C(=Cc2ccc(OC)cc2)n2cncn2)CO1. The van der Waals surface area contributed by atoms with Gasteiger partial charge in [0.1, 0.15) is 24.1 Å². The molecular formula is C19H23N3O4. The molecule has 1 saturated heterocycles. The van der Waals surface area contributed by atoms with Gasteiger partial charge in [-0.05, 0) is 37.1 Å². The van der Waals surface area contributed by atoms with Gasteiger partial charge in [-0.1, -0.05) is 19.1 Å². The highest BCUT2D eigenvalue weighted by atomic mass is 16.7. The van der Waals surface area contributed by atoms with Gasteiger partial charge in [0.05, 0.1) is 25.7 Å². The second-order valence-electron chi connectivity index (χ2n) is 6.49. The van der Waals surface area contributed by atoms with E-state index in [9.17, 15) is 4.79 Å². The Labute approximate surface area is 152 Å². The summed E-state index contributed by atoms with van der Waals surface area (Å²) in [5, 5.41) is 4.13. The fourth-order valence-electron chi connectivity index (χ4n) is 2.75. The van der Waals surface area contributed by atoms with Gasteiger partial charge in [-0.25, -0.2) is 9.67 Å². The van der Waals surface area contributed by atoms with Crippen molar-refractivity contribution in [2.45, 2.75) is 26.6 Å². The first-order valence-corrected chi connectivity index (χ1v) is 8.54. The van der Waals surface area contributed by atoms with E-state index in [-0.39, 0.29) is 12.1 Å². The maximum absolute atomic E-state index is 13.3. The molecule has 0 saturated carbocycles. The van der Waals surface area contributed by atoms with Crippen LogP contribution < -0.4 is 4.74 Å². The summed E-state index contributed by atoms with van der Waals surface area (Å²) in [7, 11) is 1.61. The highest BCUT2D eigenvalue weighted by Gasteiger charge is 2.41. The molecule has 7 nitrogen and oxygen atoms in total. The molecule has 0 spiro atoms. The van der Waals surface area contributed by atoms with Crippen LogP contribution in [0.2, 0.25) is 0 Å². The third-order valence-corrected chi connectivity index (χ3v) is 4.37. The van der Waals surface area contributed by atoms with Crippen molar-refractivity contribution in [2.24, 2.45) is 5.41 Å². The molecule has 0 N–H and O–H groups in total.